The fourth-order valence-electron chi connectivity index (χ4n) is 1.96. The lowest BCUT2D eigenvalue weighted by molar-refractivity contribution is -0.141. The zero-order valence-electron chi connectivity index (χ0n) is 13.6. The van der Waals surface area contributed by atoms with Crippen molar-refractivity contribution in [3.05, 3.63) is 24.8 Å². The molecule has 0 aromatic rings. The summed E-state index contributed by atoms with van der Waals surface area (Å²) in [4.78, 5) is 0. The standard InChI is InChI=1S/C18H34O2/c1-4-7-10-13-16-19-18(15-12-9-6-3)20-17-14-11-8-5-2/h6,9,12,18H,3-5,7-8,10-11,13-17H2,1-2H3/b12-9+. The first-order chi connectivity index (χ1) is 9.85. The summed E-state index contributed by atoms with van der Waals surface area (Å²) >= 11 is 0. The van der Waals surface area contributed by atoms with Crippen molar-refractivity contribution >= 4 is 0 Å². The molecule has 2 nitrogen and oxygen atoms in total. The number of unbranched alkanes of at least 4 members (excludes halogenated alkanes) is 6. The maximum atomic E-state index is 5.83. The summed E-state index contributed by atoms with van der Waals surface area (Å²) < 4.78 is 11.7. The summed E-state index contributed by atoms with van der Waals surface area (Å²) in [6.07, 6.45) is 16.4. The normalized spacial score (nSPS) is 11.6. The second kappa shape index (κ2) is 16.5. The smallest absolute Gasteiger partial charge is 0.160 e. The summed E-state index contributed by atoms with van der Waals surface area (Å²) in [6.45, 7) is 9.75. The van der Waals surface area contributed by atoms with Crippen molar-refractivity contribution in [1.29, 1.82) is 0 Å². The van der Waals surface area contributed by atoms with E-state index in [4.69, 9.17) is 9.47 Å². The Kier molecular flexibility index (Phi) is 16.0. The molecule has 0 aromatic heterocycles. The monoisotopic (exact) mass is 282 g/mol. The predicted octanol–water partition coefficient (Wildman–Crippen LogP) is 5.64. The zero-order valence-corrected chi connectivity index (χ0v) is 13.6. The van der Waals surface area contributed by atoms with Gasteiger partial charge >= 0.3 is 0 Å². The van der Waals surface area contributed by atoms with Gasteiger partial charge in [0.15, 0.2) is 6.29 Å². The highest BCUT2D eigenvalue weighted by atomic mass is 16.7. The van der Waals surface area contributed by atoms with Crippen molar-refractivity contribution in [3.8, 4) is 0 Å². The number of hydrogen-bond donors (Lipinski definition) is 0. The number of allylic oxidation sites excluding steroid dienone is 2. The molecule has 0 aliphatic heterocycles. The Hall–Kier alpha value is -0.600. The van der Waals surface area contributed by atoms with Crippen LogP contribution in [0.3, 0.4) is 0 Å². The van der Waals surface area contributed by atoms with Gasteiger partial charge in [-0.05, 0) is 12.8 Å². The van der Waals surface area contributed by atoms with Crippen LogP contribution < -0.4 is 0 Å². The summed E-state index contributed by atoms with van der Waals surface area (Å²) in [5, 5.41) is 0. The molecular weight excluding hydrogens is 248 g/mol. The third-order valence-electron chi connectivity index (χ3n) is 3.20. The van der Waals surface area contributed by atoms with Gasteiger partial charge in [0.25, 0.3) is 0 Å². The Balaban J connectivity index is 3.75. The Morgan fingerprint density at radius 2 is 1.40 bits per heavy atom. The van der Waals surface area contributed by atoms with Gasteiger partial charge < -0.3 is 9.47 Å². The molecule has 0 N–H and O–H groups in total. The summed E-state index contributed by atoms with van der Waals surface area (Å²) in [5.41, 5.74) is 0. The number of hydrogen-bond acceptors (Lipinski definition) is 2. The van der Waals surface area contributed by atoms with Crippen LogP contribution in [0.2, 0.25) is 0 Å². The van der Waals surface area contributed by atoms with Crippen molar-refractivity contribution in [3.63, 3.8) is 0 Å². The van der Waals surface area contributed by atoms with Crippen LogP contribution in [-0.2, 0) is 9.47 Å². The third-order valence-corrected chi connectivity index (χ3v) is 3.20. The van der Waals surface area contributed by atoms with Gasteiger partial charge in [0.2, 0.25) is 0 Å². The van der Waals surface area contributed by atoms with Crippen LogP contribution in [0.5, 0.6) is 0 Å². The highest BCUT2D eigenvalue weighted by Gasteiger charge is 2.07. The van der Waals surface area contributed by atoms with Crippen LogP contribution in [-0.4, -0.2) is 19.5 Å². The molecule has 0 atom stereocenters. The average molecular weight is 282 g/mol. The van der Waals surface area contributed by atoms with Crippen molar-refractivity contribution in [2.24, 2.45) is 0 Å². The Bertz CT molecular complexity index is 209. The van der Waals surface area contributed by atoms with E-state index in [1.807, 2.05) is 6.08 Å². The van der Waals surface area contributed by atoms with Gasteiger partial charge in [-0.1, -0.05) is 77.2 Å². The van der Waals surface area contributed by atoms with E-state index in [1.165, 1.54) is 38.5 Å². The van der Waals surface area contributed by atoms with E-state index >= 15 is 0 Å². The Morgan fingerprint density at radius 1 is 0.850 bits per heavy atom. The highest BCUT2D eigenvalue weighted by molar-refractivity contribution is 4.97. The van der Waals surface area contributed by atoms with Gasteiger partial charge in [-0.25, -0.2) is 0 Å². The van der Waals surface area contributed by atoms with Gasteiger partial charge in [-0.2, -0.15) is 0 Å². The molecule has 0 heterocycles. The van der Waals surface area contributed by atoms with Gasteiger partial charge in [0.1, 0.15) is 0 Å². The third kappa shape index (κ3) is 13.8. The molecule has 0 bridgehead atoms. The molecule has 0 spiro atoms. The summed E-state index contributed by atoms with van der Waals surface area (Å²) in [7, 11) is 0. The van der Waals surface area contributed by atoms with Crippen LogP contribution in [0.1, 0.15) is 71.6 Å². The molecule has 20 heavy (non-hydrogen) atoms. The quantitative estimate of drug-likeness (QED) is 0.220. The van der Waals surface area contributed by atoms with E-state index < -0.39 is 0 Å². The zero-order chi connectivity index (χ0) is 14.9. The lowest BCUT2D eigenvalue weighted by atomic mass is 10.2. The topological polar surface area (TPSA) is 18.5 Å². The van der Waals surface area contributed by atoms with E-state index in [2.05, 4.69) is 26.5 Å². The van der Waals surface area contributed by atoms with Gasteiger partial charge in [-0.15, -0.1) is 0 Å². The van der Waals surface area contributed by atoms with Crippen molar-refractivity contribution < 1.29 is 9.47 Å². The fourth-order valence-corrected chi connectivity index (χ4v) is 1.96. The minimum absolute atomic E-state index is 0.0885. The molecule has 0 saturated carbocycles. The predicted molar refractivity (Wildman–Crippen MR) is 87.9 cm³/mol. The lowest BCUT2D eigenvalue weighted by Crippen LogP contribution is -2.18. The molecule has 0 amide bonds. The maximum Gasteiger partial charge on any atom is 0.160 e. The minimum atomic E-state index is -0.0885. The van der Waals surface area contributed by atoms with E-state index in [-0.39, 0.29) is 6.29 Å². The largest absolute Gasteiger partial charge is 0.352 e. The number of rotatable bonds is 15. The fraction of sp³-hybridized carbons (Fsp3) is 0.778. The molecule has 0 rings (SSSR count). The maximum absolute atomic E-state index is 5.83. The first-order valence-electron chi connectivity index (χ1n) is 8.35. The van der Waals surface area contributed by atoms with Crippen molar-refractivity contribution in [2.75, 3.05) is 13.2 Å². The van der Waals surface area contributed by atoms with E-state index in [0.717, 1.165) is 32.5 Å². The van der Waals surface area contributed by atoms with E-state index in [9.17, 15) is 0 Å². The van der Waals surface area contributed by atoms with Crippen LogP contribution in [0.15, 0.2) is 24.8 Å². The molecule has 0 aliphatic rings. The minimum Gasteiger partial charge on any atom is -0.352 e. The molecular formula is C18H34O2. The molecule has 0 fully saturated rings. The second-order valence-electron chi connectivity index (χ2n) is 5.19. The average Bonchev–Trinajstić information content (AvgIpc) is 2.46. The highest BCUT2D eigenvalue weighted by Crippen LogP contribution is 2.08. The molecule has 2 heteroatoms. The van der Waals surface area contributed by atoms with E-state index in [0.29, 0.717) is 0 Å². The van der Waals surface area contributed by atoms with Crippen LogP contribution >= 0.6 is 0 Å². The molecule has 0 aliphatic carbocycles. The van der Waals surface area contributed by atoms with Gasteiger partial charge in [0.05, 0.1) is 0 Å². The van der Waals surface area contributed by atoms with Crippen LogP contribution in [0.25, 0.3) is 0 Å². The van der Waals surface area contributed by atoms with Crippen LogP contribution in [0, 0.1) is 0 Å². The van der Waals surface area contributed by atoms with Crippen molar-refractivity contribution in [2.45, 2.75) is 77.9 Å². The van der Waals surface area contributed by atoms with Crippen molar-refractivity contribution in [1.82, 2.24) is 0 Å². The summed E-state index contributed by atoms with van der Waals surface area (Å²) in [6, 6.07) is 0. The van der Waals surface area contributed by atoms with Crippen LogP contribution in [0.4, 0.5) is 0 Å². The molecule has 0 radical (unpaired) electrons. The van der Waals surface area contributed by atoms with Gasteiger partial charge in [-0.3, -0.25) is 0 Å². The first-order valence-corrected chi connectivity index (χ1v) is 8.35. The molecule has 118 valence electrons. The Morgan fingerprint density at radius 3 is 1.85 bits per heavy atom. The molecule has 0 unspecified atom stereocenters. The molecule has 0 saturated heterocycles. The molecule has 0 aromatic carbocycles. The Labute approximate surface area is 126 Å². The first kappa shape index (κ1) is 19.4. The van der Waals surface area contributed by atoms with Gasteiger partial charge in [0, 0.05) is 19.6 Å². The second-order valence-corrected chi connectivity index (χ2v) is 5.19. The lowest BCUT2D eigenvalue weighted by Gasteiger charge is -2.17. The number of ether oxygens (including phenoxy) is 2. The SMILES string of the molecule is C=C/C=C/CC(OCCCCCC)OCCCCCC. The van der Waals surface area contributed by atoms with E-state index in [1.54, 1.807) is 6.08 Å². The summed E-state index contributed by atoms with van der Waals surface area (Å²) in [5.74, 6) is 0.